The van der Waals surface area contributed by atoms with Crippen LogP contribution in [-0.2, 0) is 12.7 Å². The zero-order valence-electron chi connectivity index (χ0n) is 12.6. The van der Waals surface area contributed by atoms with Crippen LogP contribution in [0.15, 0.2) is 42.6 Å². The Morgan fingerprint density at radius 2 is 1.42 bits per heavy atom. The summed E-state index contributed by atoms with van der Waals surface area (Å²) >= 11 is 0. The predicted octanol–water partition coefficient (Wildman–Crippen LogP) is 4.78. The number of hydrogen-bond acceptors (Lipinski definition) is 0. The van der Waals surface area contributed by atoms with Gasteiger partial charge in [-0.05, 0) is 24.6 Å². The van der Waals surface area contributed by atoms with Crippen LogP contribution in [0.25, 0.3) is 11.3 Å². The van der Waals surface area contributed by atoms with Gasteiger partial charge in [0.25, 0.3) is 0 Å². The van der Waals surface area contributed by atoms with Crippen LogP contribution < -0.4 is 4.57 Å². The van der Waals surface area contributed by atoms with Crippen LogP contribution in [0.5, 0.6) is 0 Å². The lowest BCUT2D eigenvalue weighted by molar-refractivity contribution is -0.660. The van der Waals surface area contributed by atoms with E-state index in [9.17, 15) is 30.7 Å². The lowest BCUT2D eigenvalue weighted by Crippen LogP contribution is -2.50. The fourth-order valence-electron chi connectivity index (χ4n) is 2.46. The first-order valence-electron chi connectivity index (χ1n) is 6.78. The van der Waals surface area contributed by atoms with Gasteiger partial charge in [0.05, 0.1) is 0 Å². The van der Waals surface area contributed by atoms with Crippen LogP contribution in [-0.4, -0.2) is 12.4 Å². The van der Waals surface area contributed by atoms with E-state index >= 15 is 0 Å². The number of alkyl halides is 7. The molecule has 0 bridgehead atoms. The first kappa shape index (κ1) is 18.2. The molecule has 2 aromatic rings. The van der Waals surface area contributed by atoms with E-state index in [2.05, 4.69) is 0 Å². The lowest BCUT2D eigenvalue weighted by Gasteiger charge is -2.30. The Labute approximate surface area is 133 Å². The number of rotatable bonds is 2. The van der Waals surface area contributed by atoms with Gasteiger partial charge in [0.2, 0.25) is 5.69 Å². The maximum atomic E-state index is 14.1. The fourth-order valence-corrected chi connectivity index (χ4v) is 2.46. The third-order valence-corrected chi connectivity index (χ3v) is 3.74. The largest absolute Gasteiger partial charge is 0.435 e. The number of benzene rings is 1. The number of pyridine rings is 1. The minimum atomic E-state index is -6.11. The molecule has 0 N–H and O–H groups in total. The van der Waals surface area contributed by atoms with Crippen LogP contribution >= 0.6 is 0 Å². The molecule has 1 nitrogen and oxygen atoms in total. The number of halogens is 7. The number of nitrogens with zero attached hydrogens (tertiary/aromatic N) is 1. The van der Waals surface area contributed by atoms with Gasteiger partial charge < -0.3 is 0 Å². The van der Waals surface area contributed by atoms with Crippen molar-refractivity contribution in [2.45, 2.75) is 24.9 Å². The molecule has 0 amide bonds. The minimum Gasteiger partial charge on any atom is -0.218 e. The van der Waals surface area contributed by atoms with Gasteiger partial charge in [0, 0.05) is 23.3 Å². The molecule has 0 radical (unpaired) electrons. The summed E-state index contributed by atoms with van der Waals surface area (Å²) in [5.41, 5.74) is -5.81. The third-order valence-electron chi connectivity index (χ3n) is 3.74. The molecule has 24 heavy (non-hydrogen) atoms. The quantitative estimate of drug-likeness (QED) is 0.541. The molecule has 130 valence electrons. The average molecular weight is 352 g/mol. The number of aromatic nitrogens is 1. The molecule has 0 unspecified atom stereocenters. The third kappa shape index (κ3) is 2.85. The van der Waals surface area contributed by atoms with Crippen molar-refractivity contribution in [3.63, 3.8) is 0 Å². The van der Waals surface area contributed by atoms with E-state index in [0.717, 1.165) is 6.07 Å². The topological polar surface area (TPSA) is 3.88 Å². The molecule has 0 aliphatic rings. The maximum Gasteiger partial charge on any atom is 0.435 e. The standard InChI is InChI=1S/C16H13F7N/c1-10-9-11(14(17,15(18,19)20)16(21,22)23)6-7-12(10)13-5-3-4-8-24(13)2/h3-9H,1-2H3/q+1. The fraction of sp³-hybridized carbons (Fsp3) is 0.312. The van der Waals surface area contributed by atoms with Gasteiger partial charge in [-0.3, -0.25) is 0 Å². The Bertz CT molecular complexity index is 733. The molecule has 0 saturated carbocycles. The van der Waals surface area contributed by atoms with Gasteiger partial charge in [-0.2, -0.15) is 26.3 Å². The molecular weight excluding hydrogens is 339 g/mol. The van der Waals surface area contributed by atoms with Gasteiger partial charge in [0.1, 0.15) is 7.05 Å². The van der Waals surface area contributed by atoms with E-state index in [1.807, 2.05) is 0 Å². The molecule has 0 fully saturated rings. The summed E-state index contributed by atoms with van der Waals surface area (Å²) < 4.78 is 92.6. The highest BCUT2D eigenvalue weighted by Gasteiger charge is 2.73. The van der Waals surface area contributed by atoms with E-state index in [1.165, 1.54) is 6.92 Å². The maximum absolute atomic E-state index is 14.1. The Morgan fingerprint density at radius 1 is 0.833 bits per heavy atom. The lowest BCUT2D eigenvalue weighted by atomic mass is 9.90. The van der Waals surface area contributed by atoms with E-state index in [-0.39, 0.29) is 5.56 Å². The highest BCUT2D eigenvalue weighted by atomic mass is 19.4. The Kier molecular flexibility index (Phi) is 4.37. The van der Waals surface area contributed by atoms with Crippen molar-refractivity contribution < 1.29 is 35.3 Å². The summed E-state index contributed by atoms with van der Waals surface area (Å²) in [7, 11) is 1.67. The van der Waals surface area contributed by atoms with Crippen LogP contribution in [0, 0.1) is 6.92 Å². The first-order chi connectivity index (χ1) is 10.9. The normalized spacial score (nSPS) is 13.2. The van der Waals surface area contributed by atoms with E-state index < -0.39 is 23.6 Å². The van der Waals surface area contributed by atoms with Crippen molar-refractivity contribution >= 4 is 0 Å². The number of aryl methyl sites for hydroxylation is 2. The van der Waals surface area contributed by atoms with Gasteiger partial charge in [-0.1, -0.05) is 12.1 Å². The second-order valence-electron chi connectivity index (χ2n) is 5.38. The Balaban J connectivity index is 2.63. The van der Waals surface area contributed by atoms with Gasteiger partial charge in [-0.25, -0.2) is 8.96 Å². The molecule has 0 atom stereocenters. The summed E-state index contributed by atoms with van der Waals surface area (Å²) in [6.45, 7) is 1.33. The van der Waals surface area contributed by atoms with Crippen molar-refractivity contribution in [2.24, 2.45) is 7.05 Å². The van der Waals surface area contributed by atoms with Crippen molar-refractivity contribution in [1.82, 2.24) is 0 Å². The molecule has 0 aliphatic carbocycles. The SMILES string of the molecule is Cc1cc(C(F)(C(F)(F)F)C(F)(F)F)ccc1-c1cccc[n+]1C. The van der Waals surface area contributed by atoms with E-state index in [4.69, 9.17) is 0 Å². The number of hydrogen-bond donors (Lipinski definition) is 0. The zero-order valence-corrected chi connectivity index (χ0v) is 12.6. The minimum absolute atomic E-state index is 0.102. The second-order valence-corrected chi connectivity index (χ2v) is 5.38. The van der Waals surface area contributed by atoms with Gasteiger partial charge in [-0.15, -0.1) is 0 Å². The summed E-state index contributed by atoms with van der Waals surface area (Å²) in [5, 5.41) is 0. The molecule has 0 aliphatic heterocycles. The van der Waals surface area contributed by atoms with E-state index in [0.29, 0.717) is 23.4 Å². The zero-order chi connectivity index (χ0) is 18.3. The summed E-state index contributed by atoms with van der Waals surface area (Å²) in [6, 6.07) is 7.21. The van der Waals surface area contributed by atoms with Crippen molar-refractivity contribution in [2.75, 3.05) is 0 Å². The highest BCUT2D eigenvalue weighted by molar-refractivity contribution is 5.62. The average Bonchev–Trinajstić information content (AvgIpc) is 2.45. The molecular formula is C16H13F7N+. The Hall–Kier alpha value is -2.12. The molecule has 8 heteroatoms. The first-order valence-corrected chi connectivity index (χ1v) is 6.78. The van der Waals surface area contributed by atoms with Gasteiger partial charge >= 0.3 is 18.0 Å². The van der Waals surface area contributed by atoms with Crippen LogP contribution in [0.3, 0.4) is 0 Å². The smallest absolute Gasteiger partial charge is 0.218 e. The predicted molar refractivity (Wildman–Crippen MR) is 72.7 cm³/mol. The monoisotopic (exact) mass is 352 g/mol. The van der Waals surface area contributed by atoms with Crippen LogP contribution in [0.1, 0.15) is 11.1 Å². The molecule has 2 rings (SSSR count). The van der Waals surface area contributed by atoms with E-state index in [1.54, 1.807) is 36.0 Å². The van der Waals surface area contributed by atoms with Gasteiger partial charge in [0.15, 0.2) is 6.20 Å². The van der Waals surface area contributed by atoms with Crippen molar-refractivity contribution in [3.05, 3.63) is 53.7 Å². The molecule has 1 aromatic carbocycles. The molecule has 0 saturated heterocycles. The summed E-state index contributed by atoms with van der Waals surface area (Å²) in [5.74, 6) is 0. The Morgan fingerprint density at radius 3 is 1.88 bits per heavy atom. The van der Waals surface area contributed by atoms with Crippen LogP contribution in [0.4, 0.5) is 30.7 Å². The summed E-state index contributed by atoms with van der Waals surface area (Å²) in [4.78, 5) is 0. The van der Waals surface area contributed by atoms with Crippen molar-refractivity contribution in [1.29, 1.82) is 0 Å². The molecule has 0 spiro atoms. The summed E-state index contributed by atoms with van der Waals surface area (Å²) in [6.07, 6.45) is -10.6. The van der Waals surface area contributed by atoms with Crippen molar-refractivity contribution in [3.8, 4) is 11.3 Å². The second kappa shape index (κ2) is 5.75. The molecule has 1 heterocycles. The van der Waals surface area contributed by atoms with Crippen LogP contribution in [0.2, 0.25) is 0 Å². The highest BCUT2D eigenvalue weighted by Crippen LogP contribution is 2.53. The molecule has 1 aromatic heterocycles.